The third-order valence-corrected chi connectivity index (χ3v) is 4.71. The number of aliphatic hydroxyl groups is 1. The number of hydrogen-bond acceptors (Lipinski definition) is 4. The van der Waals surface area contributed by atoms with Gasteiger partial charge < -0.3 is 15.3 Å². The monoisotopic (exact) mass is 332 g/mol. The molecular weight excluding hydrogens is 304 g/mol. The van der Waals surface area contributed by atoms with E-state index in [2.05, 4.69) is 10.2 Å². The van der Waals surface area contributed by atoms with E-state index in [1.807, 2.05) is 7.05 Å². The molecule has 1 aromatic carbocycles. The van der Waals surface area contributed by atoms with Crippen LogP contribution in [-0.4, -0.2) is 47.9 Å². The van der Waals surface area contributed by atoms with Crippen LogP contribution in [0.2, 0.25) is 0 Å². The molecule has 1 aliphatic rings. The van der Waals surface area contributed by atoms with Gasteiger partial charge in [0.2, 0.25) is 5.91 Å². The molecule has 1 fully saturated rings. The van der Waals surface area contributed by atoms with Crippen molar-refractivity contribution in [3.05, 3.63) is 29.8 Å². The van der Waals surface area contributed by atoms with Crippen molar-refractivity contribution >= 4 is 17.4 Å². The summed E-state index contributed by atoms with van der Waals surface area (Å²) in [5.41, 5.74) is 1.34. The lowest BCUT2D eigenvalue weighted by atomic mass is 9.86. The third kappa shape index (κ3) is 5.73. The lowest BCUT2D eigenvalue weighted by molar-refractivity contribution is -0.116. The molecule has 1 aliphatic carbocycles. The molecule has 0 bridgehead atoms. The molecule has 1 amide bonds. The minimum absolute atomic E-state index is 0.0133. The zero-order valence-corrected chi connectivity index (χ0v) is 14.6. The van der Waals surface area contributed by atoms with Crippen LogP contribution < -0.4 is 5.32 Å². The average molecular weight is 332 g/mol. The maximum absolute atomic E-state index is 12.0. The summed E-state index contributed by atoms with van der Waals surface area (Å²) in [6, 6.07) is 6.93. The van der Waals surface area contributed by atoms with Gasteiger partial charge in [0.15, 0.2) is 5.78 Å². The minimum Gasteiger partial charge on any atom is -0.393 e. The van der Waals surface area contributed by atoms with E-state index in [0.29, 0.717) is 30.1 Å². The minimum atomic E-state index is -0.199. The van der Waals surface area contributed by atoms with Gasteiger partial charge in [-0.05, 0) is 57.0 Å². The molecule has 1 aromatic rings. The van der Waals surface area contributed by atoms with Crippen LogP contribution in [-0.2, 0) is 4.79 Å². The summed E-state index contributed by atoms with van der Waals surface area (Å²) in [6.45, 7) is 3.02. The smallest absolute Gasteiger partial charge is 0.225 e. The SMILES string of the molecule is CC(=O)c1ccc(NC(=O)CCN(C)CC2CCCCC2O)cc1. The molecule has 2 N–H and O–H groups in total. The third-order valence-electron chi connectivity index (χ3n) is 4.71. The van der Waals surface area contributed by atoms with Crippen molar-refractivity contribution in [3.8, 4) is 0 Å². The van der Waals surface area contributed by atoms with Crippen LogP contribution in [0.25, 0.3) is 0 Å². The molecule has 0 aliphatic heterocycles. The molecule has 0 spiro atoms. The number of aliphatic hydroxyl groups excluding tert-OH is 1. The number of amides is 1. The molecule has 132 valence electrons. The summed E-state index contributed by atoms with van der Waals surface area (Å²) in [4.78, 5) is 25.4. The van der Waals surface area contributed by atoms with Gasteiger partial charge in [0, 0.05) is 30.8 Å². The second kappa shape index (κ2) is 8.94. The van der Waals surface area contributed by atoms with Crippen LogP contribution in [0.15, 0.2) is 24.3 Å². The zero-order chi connectivity index (χ0) is 17.5. The average Bonchev–Trinajstić information content (AvgIpc) is 2.55. The van der Waals surface area contributed by atoms with Crippen LogP contribution in [0, 0.1) is 5.92 Å². The van der Waals surface area contributed by atoms with Crippen molar-refractivity contribution < 1.29 is 14.7 Å². The number of anilines is 1. The summed E-state index contributed by atoms with van der Waals surface area (Å²) >= 11 is 0. The number of rotatable bonds is 7. The number of carbonyl (C=O) groups is 2. The number of Topliss-reactive ketones (excluding diaryl/α,β-unsaturated/α-hetero) is 1. The second-order valence-corrected chi connectivity index (χ2v) is 6.81. The molecule has 2 rings (SSSR count). The molecule has 5 heteroatoms. The van der Waals surface area contributed by atoms with Crippen LogP contribution >= 0.6 is 0 Å². The van der Waals surface area contributed by atoms with Crippen molar-refractivity contribution in [2.75, 3.05) is 25.5 Å². The van der Waals surface area contributed by atoms with Gasteiger partial charge in [0.25, 0.3) is 0 Å². The van der Waals surface area contributed by atoms with Crippen molar-refractivity contribution in [1.82, 2.24) is 4.90 Å². The maximum atomic E-state index is 12.0. The van der Waals surface area contributed by atoms with E-state index in [-0.39, 0.29) is 17.8 Å². The Morgan fingerprint density at radius 1 is 1.21 bits per heavy atom. The lowest BCUT2D eigenvalue weighted by Crippen LogP contribution is -2.36. The van der Waals surface area contributed by atoms with Crippen LogP contribution in [0.3, 0.4) is 0 Å². The highest BCUT2D eigenvalue weighted by Gasteiger charge is 2.24. The van der Waals surface area contributed by atoms with E-state index < -0.39 is 0 Å². The molecule has 0 heterocycles. The Hall–Kier alpha value is -1.72. The van der Waals surface area contributed by atoms with Gasteiger partial charge in [-0.3, -0.25) is 9.59 Å². The Kier molecular flexibility index (Phi) is 6.94. The van der Waals surface area contributed by atoms with Gasteiger partial charge in [-0.2, -0.15) is 0 Å². The van der Waals surface area contributed by atoms with E-state index in [0.717, 1.165) is 25.8 Å². The first-order chi connectivity index (χ1) is 11.5. The fraction of sp³-hybridized carbons (Fsp3) is 0.579. The van der Waals surface area contributed by atoms with Gasteiger partial charge in [-0.1, -0.05) is 12.8 Å². The topological polar surface area (TPSA) is 69.6 Å². The number of nitrogens with zero attached hydrogens (tertiary/aromatic N) is 1. The van der Waals surface area contributed by atoms with E-state index in [1.54, 1.807) is 24.3 Å². The summed E-state index contributed by atoms with van der Waals surface area (Å²) in [6.07, 6.45) is 4.48. The molecule has 2 atom stereocenters. The number of hydrogen-bond donors (Lipinski definition) is 2. The van der Waals surface area contributed by atoms with Gasteiger partial charge in [-0.15, -0.1) is 0 Å². The molecule has 0 saturated heterocycles. The Morgan fingerprint density at radius 2 is 1.88 bits per heavy atom. The van der Waals surface area contributed by atoms with E-state index in [9.17, 15) is 14.7 Å². The number of ketones is 1. The molecule has 2 unspecified atom stereocenters. The molecule has 1 saturated carbocycles. The van der Waals surface area contributed by atoms with Gasteiger partial charge in [0.05, 0.1) is 6.10 Å². The van der Waals surface area contributed by atoms with Crippen LogP contribution in [0.1, 0.15) is 49.4 Å². The van der Waals surface area contributed by atoms with E-state index in [4.69, 9.17) is 0 Å². The molecule has 0 aromatic heterocycles. The summed E-state index contributed by atoms with van der Waals surface area (Å²) < 4.78 is 0. The van der Waals surface area contributed by atoms with Crippen molar-refractivity contribution in [2.45, 2.75) is 45.1 Å². The molecule has 5 nitrogen and oxygen atoms in total. The molecular formula is C19H28N2O3. The first-order valence-electron chi connectivity index (χ1n) is 8.73. The predicted molar refractivity (Wildman–Crippen MR) is 95.2 cm³/mol. The van der Waals surface area contributed by atoms with Crippen molar-refractivity contribution in [3.63, 3.8) is 0 Å². The largest absolute Gasteiger partial charge is 0.393 e. The van der Waals surface area contributed by atoms with Crippen LogP contribution in [0.4, 0.5) is 5.69 Å². The Balaban J connectivity index is 1.73. The van der Waals surface area contributed by atoms with Gasteiger partial charge >= 0.3 is 0 Å². The van der Waals surface area contributed by atoms with Gasteiger partial charge in [0.1, 0.15) is 0 Å². The number of nitrogens with one attached hydrogen (secondary N) is 1. The summed E-state index contributed by atoms with van der Waals surface area (Å²) in [7, 11) is 2.00. The molecule has 0 radical (unpaired) electrons. The second-order valence-electron chi connectivity index (χ2n) is 6.81. The normalized spacial score (nSPS) is 20.8. The first-order valence-corrected chi connectivity index (χ1v) is 8.73. The van der Waals surface area contributed by atoms with E-state index in [1.165, 1.54) is 13.3 Å². The van der Waals surface area contributed by atoms with Crippen molar-refractivity contribution in [1.29, 1.82) is 0 Å². The Bertz CT molecular complexity index is 556. The number of carbonyl (C=O) groups excluding carboxylic acids is 2. The molecule has 24 heavy (non-hydrogen) atoms. The maximum Gasteiger partial charge on any atom is 0.225 e. The van der Waals surface area contributed by atoms with Crippen molar-refractivity contribution in [2.24, 2.45) is 5.92 Å². The fourth-order valence-corrected chi connectivity index (χ4v) is 3.20. The van der Waals surface area contributed by atoms with E-state index >= 15 is 0 Å². The first kappa shape index (κ1) is 18.6. The predicted octanol–water partition coefficient (Wildman–Crippen LogP) is 2.70. The van der Waals surface area contributed by atoms with Gasteiger partial charge in [-0.25, -0.2) is 0 Å². The lowest BCUT2D eigenvalue weighted by Gasteiger charge is -2.31. The Morgan fingerprint density at radius 3 is 2.50 bits per heavy atom. The highest BCUT2D eigenvalue weighted by Crippen LogP contribution is 2.24. The fourth-order valence-electron chi connectivity index (χ4n) is 3.20. The summed E-state index contributed by atoms with van der Waals surface area (Å²) in [5.74, 6) is 0.298. The zero-order valence-electron chi connectivity index (χ0n) is 14.6. The standard InChI is InChI=1S/C19H28N2O3/c1-14(22)15-7-9-17(10-8-15)20-19(24)11-12-21(2)13-16-5-3-4-6-18(16)23/h7-10,16,18,23H,3-6,11-13H2,1-2H3,(H,20,24). The highest BCUT2D eigenvalue weighted by atomic mass is 16.3. The quantitative estimate of drug-likeness (QED) is 0.753. The number of benzene rings is 1. The summed E-state index contributed by atoms with van der Waals surface area (Å²) in [5, 5.41) is 12.9. The van der Waals surface area contributed by atoms with Crippen LogP contribution in [0.5, 0.6) is 0 Å². The highest BCUT2D eigenvalue weighted by molar-refractivity contribution is 5.95. The Labute approximate surface area is 144 Å².